The van der Waals surface area contributed by atoms with Crippen LogP contribution in [0.5, 0.6) is 0 Å². The summed E-state index contributed by atoms with van der Waals surface area (Å²) in [5.41, 5.74) is 4.01. The van der Waals surface area contributed by atoms with E-state index in [2.05, 4.69) is 17.3 Å². The lowest BCUT2D eigenvalue weighted by Crippen LogP contribution is -2.33. The normalized spacial score (nSPS) is 14.9. The SMILES string of the molecule is COCCC(C)C(NN)c1ccncc1. The van der Waals surface area contributed by atoms with Crippen molar-refractivity contribution in [2.45, 2.75) is 19.4 Å². The Morgan fingerprint density at radius 2 is 2.13 bits per heavy atom. The number of pyridine rings is 1. The summed E-state index contributed by atoms with van der Waals surface area (Å²) in [6, 6.07) is 4.12. The molecule has 84 valence electrons. The lowest BCUT2D eigenvalue weighted by atomic mass is 9.93. The molecule has 0 radical (unpaired) electrons. The first kappa shape index (κ1) is 12.1. The highest BCUT2D eigenvalue weighted by atomic mass is 16.5. The van der Waals surface area contributed by atoms with E-state index in [0.717, 1.165) is 18.6 Å². The fraction of sp³-hybridized carbons (Fsp3) is 0.545. The summed E-state index contributed by atoms with van der Waals surface area (Å²) in [7, 11) is 1.71. The number of hydrazine groups is 1. The van der Waals surface area contributed by atoms with E-state index in [-0.39, 0.29) is 6.04 Å². The topological polar surface area (TPSA) is 60.2 Å². The zero-order chi connectivity index (χ0) is 11.1. The maximum Gasteiger partial charge on any atom is 0.0487 e. The Morgan fingerprint density at radius 3 is 2.67 bits per heavy atom. The zero-order valence-electron chi connectivity index (χ0n) is 9.31. The van der Waals surface area contributed by atoms with Crippen LogP contribution in [0.3, 0.4) is 0 Å². The molecule has 3 N–H and O–H groups in total. The van der Waals surface area contributed by atoms with Gasteiger partial charge >= 0.3 is 0 Å². The summed E-state index contributed by atoms with van der Waals surface area (Å²) in [5, 5.41) is 0. The van der Waals surface area contributed by atoms with E-state index < -0.39 is 0 Å². The Balaban J connectivity index is 2.63. The summed E-state index contributed by atoms with van der Waals surface area (Å²) < 4.78 is 5.06. The van der Waals surface area contributed by atoms with Crippen molar-refractivity contribution in [1.82, 2.24) is 10.4 Å². The van der Waals surface area contributed by atoms with Crippen molar-refractivity contribution < 1.29 is 4.74 Å². The highest BCUT2D eigenvalue weighted by Crippen LogP contribution is 2.22. The molecule has 1 aromatic rings. The maximum absolute atomic E-state index is 5.57. The van der Waals surface area contributed by atoms with E-state index in [1.807, 2.05) is 12.1 Å². The fourth-order valence-corrected chi connectivity index (χ4v) is 1.63. The Bertz CT molecular complexity index is 266. The number of nitrogens with two attached hydrogens (primary N) is 1. The Labute approximate surface area is 90.8 Å². The minimum atomic E-state index is 0.156. The second-order valence-corrected chi connectivity index (χ2v) is 3.68. The third-order valence-electron chi connectivity index (χ3n) is 2.59. The molecule has 4 heteroatoms. The first-order valence-corrected chi connectivity index (χ1v) is 5.14. The highest BCUT2D eigenvalue weighted by molar-refractivity contribution is 5.15. The summed E-state index contributed by atoms with van der Waals surface area (Å²) in [6.07, 6.45) is 4.54. The van der Waals surface area contributed by atoms with E-state index >= 15 is 0 Å². The van der Waals surface area contributed by atoms with Crippen LogP contribution in [0.25, 0.3) is 0 Å². The molecule has 0 spiro atoms. The van der Waals surface area contributed by atoms with Gasteiger partial charge in [-0.05, 0) is 30.0 Å². The minimum absolute atomic E-state index is 0.156. The van der Waals surface area contributed by atoms with Crippen LogP contribution in [0.2, 0.25) is 0 Å². The van der Waals surface area contributed by atoms with Gasteiger partial charge < -0.3 is 4.74 Å². The van der Waals surface area contributed by atoms with Crippen molar-refractivity contribution in [3.05, 3.63) is 30.1 Å². The molecule has 0 aliphatic heterocycles. The Hall–Kier alpha value is -0.970. The average molecular weight is 209 g/mol. The first-order chi connectivity index (χ1) is 7.29. The van der Waals surface area contributed by atoms with Crippen LogP contribution in [0.1, 0.15) is 24.9 Å². The van der Waals surface area contributed by atoms with Gasteiger partial charge in [-0.1, -0.05) is 6.92 Å². The number of hydrogen-bond donors (Lipinski definition) is 2. The Morgan fingerprint density at radius 1 is 1.47 bits per heavy atom. The molecule has 0 aliphatic rings. The molecule has 0 fully saturated rings. The lowest BCUT2D eigenvalue weighted by molar-refractivity contribution is 0.170. The van der Waals surface area contributed by atoms with Gasteiger partial charge in [-0.15, -0.1) is 0 Å². The van der Waals surface area contributed by atoms with Crippen LogP contribution in [0, 0.1) is 5.92 Å². The van der Waals surface area contributed by atoms with Gasteiger partial charge in [-0.3, -0.25) is 16.3 Å². The Kier molecular flexibility index (Phi) is 5.25. The standard InChI is InChI=1S/C11H19N3O/c1-9(5-8-15-2)11(14-12)10-3-6-13-7-4-10/h3-4,6-7,9,11,14H,5,8,12H2,1-2H3. The third kappa shape index (κ3) is 3.58. The third-order valence-corrected chi connectivity index (χ3v) is 2.59. The van der Waals surface area contributed by atoms with Gasteiger partial charge in [-0.25, -0.2) is 0 Å². The molecule has 2 unspecified atom stereocenters. The van der Waals surface area contributed by atoms with E-state index in [4.69, 9.17) is 10.6 Å². The van der Waals surface area contributed by atoms with Crippen LogP contribution in [0.15, 0.2) is 24.5 Å². The number of hydrogen-bond acceptors (Lipinski definition) is 4. The first-order valence-electron chi connectivity index (χ1n) is 5.14. The summed E-state index contributed by atoms with van der Waals surface area (Å²) >= 11 is 0. The molecule has 0 bridgehead atoms. The number of methoxy groups -OCH3 is 1. The molecule has 2 atom stereocenters. The van der Waals surface area contributed by atoms with E-state index in [1.165, 1.54) is 0 Å². The molecule has 1 aromatic heterocycles. The number of rotatable bonds is 6. The largest absolute Gasteiger partial charge is 0.385 e. The molecule has 1 heterocycles. The van der Waals surface area contributed by atoms with E-state index in [1.54, 1.807) is 19.5 Å². The van der Waals surface area contributed by atoms with Crippen molar-refractivity contribution in [2.24, 2.45) is 11.8 Å². The number of aromatic nitrogens is 1. The number of nitrogens with zero attached hydrogens (tertiary/aromatic N) is 1. The van der Waals surface area contributed by atoms with Gasteiger partial charge in [0.1, 0.15) is 0 Å². The van der Waals surface area contributed by atoms with E-state index in [0.29, 0.717) is 5.92 Å². The molecular formula is C11H19N3O. The molecule has 15 heavy (non-hydrogen) atoms. The van der Waals surface area contributed by atoms with E-state index in [9.17, 15) is 0 Å². The molecule has 1 rings (SSSR count). The monoisotopic (exact) mass is 209 g/mol. The predicted octanol–water partition coefficient (Wildman–Crippen LogP) is 1.26. The van der Waals surface area contributed by atoms with Gasteiger partial charge in [0.2, 0.25) is 0 Å². The average Bonchev–Trinajstić information content (AvgIpc) is 2.29. The van der Waals surface area contributed by atoms with Crippen LogP contribution in [0.4, 0.5) is 0 Å². The molecule has 0 amide bonds. The van der Waals surface area contributed by atoms with Crippen LogP contribution < -0.4 is 11.3 Å². The quantitative estimate of drug-likeness (QED) is 0.547. The fourth-order valence-electron chi connectivity index (χ4n) is 1.63. The van der Waals surface area contributed by atoms with Crippen LogP contribution >= 0.6 is 0 Å². The van der Waals surface area contributed by atoms with Crippen LogP contribution in [-0.4, -0.2) is 18.7 Å². The molecule has 0 saturated heterocycles. The molecule has 4 nitrogen and oxygen atoms in total. The van der Waals surface area contributed by atoms with Crippen molar-refractivity contribution in [1.29, 1.82) is 0 Å². The van der Waals surface area contributed by atoms with Gasteiger partial charge in [0, 0.05) is 32.2 Å². The number of ether oxygens (including phenoxy) is 1. The van der Waals surface area contributed by atoms with Crippen molar-refractivity contribution >= 4 is 0 Å². The summed E-state index contributed by atoms with van der Waals surface area (Å²) in [5.74, 6) is 5.99. The number of nitrogens with one attached hydrogen (secondary N) is 1. The van der Waals surface area contributed by atoms with Crippen molar-refractivity contribution in [3.8, 4) is 0 Å². The van der Waals surface area contributed by atoms with Gasteiger partial charge in [0.05, 0.1) is 0 Å². The highest BCUT2D eigenvalue weighted by Gasteiger charge is 2.17. The summed E-state index contributed by atoms with van der Waals surface area (Å²) in [4.78, 5) is 3.99. The molecule has 0 aliphatic carbocycles. The minimum Gasteiger partial charge on any atom is -0.385 e. The molecular weight excluding hydrogens is 190 g/mol. The second-order valence-electron chi connectivity index (χ2n) is 3.68. The molecule has 0 saturated carbocycles. The van der Waals surface area contributed by atoms with Gasteiger partial charge in [0.15, 0.2) is 0 Å². The predicted molar refractivity (Wildman–Crippen MR) is 60.0 cm³/mol. The zero-order valence-corrected chi connectivity index (χ0v) is 9.31. The molecule has 0 aromatic carbocycles. The summed E-state index contributed by atoms with van der Waals surface area (Å²) in [6.45, 7) is 2.91. The lowest BCUT2D eigenvalue weighted by Gasteiger charge is -2.23. The van der Waals surface area contributed by atoms with Crippen molar-refractivity contribution in [3.63, 3.8) is 0 Å². The maximum atomic E-state index is 5.57. The second kappa shape index (κ2) is 6.50. The van der Waals surface area contributed by atoms with Crippen molar-refractivity contribution in [2.75, 3.05) is 13.7 Å². The smallest absolute Gasteiger partial charge is 0.0487 e. The van der Waals surface area contributed by atoms with Gasteiger partial charge in [0.25, 0.3) is 0 Å². The van der Waals surface area contributed by atoms with Gasteiger partial charge in [-0.2, -0.15) is 0 Å². The van der Waals surface area contributed by atoms with Crippen LogP contribution in [-0.2, 0) is 4.74 Å².